The first-order valence-corrected chi connectivity index (χ1v) is 7.07. The van der Waals surface area contributed by atoms with Crippen LogP contribution < -0.4 is 21.7 Å². The summed E-state index contributed by atoms with van der Waals surface area (Å²) in [5, 5.41) is 0. The van der Waals surface area contributed by atoms with Gasteiger partial charge in [-0.05, 0) is 44.0 Å². The standard InChI is InChI=1S/C11H18N4O3S/c1-6-4-9(14-13)5-7(2)10(6)19(17,18)15-8(3)11(12)16/h4-5,8,14-15H,13H2,1-3H3,(H2,12,16). The van der Waals surface area contributed by atoms with Crippen molar-refractivity contribution in [2.75, 3.05) is 5.43 Å². The van der Waals surface area contributed by atoms with Crippen molar-refractivity contribution >= 4 is 21.6 Å². The summed E-state index contributed by atoms with van der Waals surface area (Å²) < 4.78 is 26.7. The van der Waals surface area contributed by atoms with Crippen LogP contribution in [-0.2, 0) is 14.8 Å². The minimum Gasteiger partial charge on any atom is -0.368 e. The van der Waals surface area contributed by atoms with Crippen molar-refractivity contribution in [3.05, 3.63) is 23.3 Å². The van der Waals surface area contributed by atoms with Gasteiger partial charge in [0.15, 0.2) is 0 Å². The van der Waals surface area contributed by atoms with Crippen LogP contribution in [-0.4, -0.2) is 20.4 Å². The Morgan fingerprint density at radius 1 is 1.26 bits per heavy atom. The quantitative estimate of drug-likeness (QED) is 0.438. The van der Waals surface area contributed by atoms with Crippen LogP contribution in [0, 0.1) is 13.8 Å². The maximum atomic E-state index is 12.2. The molecule has 1 unspecified atom stereocenters. The molecule has 0 saturated carbocycles. The lowest BCUT2D eigenvalue weighted by Crippen LogP contribution is -2.42. The van der Waals surface area contributed by atoms with E-state index in [1.54, 1.807) is 26.0 Å². The van der Waals surface area contributed by atoms with E-state index in [1.807, 2.05) is 0 Å². The first-order valence-electron chi connectivity index (χ1n) is 5.58. The minimum atomic E-state index is -3.81. The highest BCUT2D eigenvalue weighted by Gasteiger charge is 2.24. The number of carbonyl (C=O) groups excluding carboxylic acids is 1. The van der Waals surface area contributed by atoms with Crippen molar-refractivity contribution in [2.24, 2.45) is 11.6 Å². The van der Waals surface area contributed by atoms with E-state index in [0.29, 0.717) is 16.8 Å². The molecule has 0 fully saturated rings. The van der Waals surface area contributed by atoms with E-state index < -0.39 is 22.0 Å². The number of nitrogens with two attached hydrogens (primary N) is 2. The average molecular weight is 286 g/mol. The first kappa shape index (κ1) is 15.4. The van der Waals surface area contributed by atoms with Crippen molar-refractivity contribution in [2.45, 2.75) is 31.7 Å². The number of hydrogen-bond donors (Lipinski definition) is 4. The Bertz CT molecular complexity index is 575. The van der Waals surface area contributed by atoms with Crippen LogP contribution in [0.3, 0.4) is 0 Å². The highest BCUT2D eigenvalue weighted by atomic mass is 32.2. The summed E-state index contributed by atoms with van der Waals surface area (Å²) in [5.41, 5.74) is 9.17. The first-order chi connectivity index (χ1) is 8.69. The van der Waals surface area contributed by atoms with Crippen LogP contribution >= 0.6 is 0 Å². The van der Waals surface area contributed by atoms with Crippen LogP contribution in [0.1, 0.15) is 18.1 Å². The molecule has 0 radical (unpaired) electrons. The van der Waals surface area contributed by atoms with Gasteiger partial charge >= 0.3 is 0 Å². The SMILES string of the molecule is Cc1cc(NN)cc(C)c1S(=O)(=O)NC(C)C(N)=O. The predicted molar refractivity (Wildman–Crippen MR) is 72.7 cm³/mol. The number of sulfonamides is 1. The highest BCUT2D eigenvalue weighted by Crippen LogP contribution is 2.24. The average Bonchev–Trinajstić information content (AvgIpc) is 2.26. The number of carbonyl (C=O) groups is 1. The molecule has 1 amide bonds. The van der Waals surface area contributed by atoms with Gasteiger partial charge in [0, 0.05) is 5.69 Å². The number of nitrogens with one attached hydrogen (secondary N) is 2. The number of hydrogen-bond acceptors (Lipinski definition) is 5. The second kappa shape index (κ2) is 5.55. The molecular formula is C11H18N4O3S. The smallest absolute Gasteiger partial charge is 0.241 e. The Hall–Kier alpha value is -1.64. The summed E-state index contributed by atoms with van der Waals surface area (Å²) in [4.78, 5) is 11.1. The molecule has 106 valence electrons. The zero-order chi connectivity index (χ0) is 14.8. The Kier molecular flexibility index (Phi) is 4.51. The second-order valence-corrected chi connectivity index (χ2v) is 5.98. The fourth-order valence-electron chi connectivity index (χ4n) is 1.81. The molecule has 0 spiro atoms. The van der Waals surface area contributed by atoms with E-state index in [1.165, 1.54) is 6.92 Å². The molecule has 0 aliphatic heterocycles. The van der Waals surface area contributed by atoms with Gasteiger partial charge in [-0.25, -0.2) is 8.42 Å². The summed E-state index contributed by atoms with van der Waals surface area (Å²) in [6.45, 7) is 4.69. The fourth-order valence-corrected chi connectivity index (χ4v) is 3.47. The number of amides is 1. The van der Waals surface area contributed by atoms with E-state index >= 15 is 0 Å². The number of primary amides is 1. The Balaban J connectivity index is 3.26. The second-order valence-electron chi connectivity index (χ2n) is 4.33. The van der Waals surface area contributed by atoms with E-state index in [4.69, 9.17) is 11.6 Å². The topological polar surface area (TPSA) is 127 Å². The zero-order valence-corrected chi connectivity index (χ0v) is 11.8. The molecular weight excluding hydrogens is 268 g/mol. The van der Waals surface area contributed by atoms with E-state index in [-0.39, 0.29) is 4.90 Å². The van der Waals surface area contributed by atoms with Gasteiger partial charge in [-0.15, -0.1) is 0 Å². The van der Waals surface area contributed by atoms with Gasteiger partial charge in [-0.2, -0.15) is 4.72 Å². The summed E-state index contributed by atoms with van der Waals surface area (Å²) in [5.74, 6) is 4.55. The number of hydrazine groups is 1. The third-order valence-corrected chi connectivity index (χ3v) is 4.50. The Morgan fingerprint density at radius 2 is 1.74 bits per heavy atom. The van der Waals surface area contributed by atoms with E-state index in [9.17, 15) is 13.2 Å². The Morgan fingerprint density at radius 3 is 2.11 bits per heavy atom. The van der Waals surface area contributed by atoms with Crippen molar-refractivity contribution in [3.8, 4) is 0 Å². The number of benzene rings is 1. The van der Waals surface area contributed by atoms with E-state index in [2.05, 4.69) is 10.1 Å². The van der Waals surface area contributed by atoms with Gasteiger partial charge < -0.3 is 11.2 Å². The number of nitrogen functional groups attached to an aromatic ring is 1. The predicted octanol–water partition coefficient (Wildman–Crippen LogP) is -0.259. The van der Waals surface area contributed by atoms with Gasteiger partial charge in [0.2, 0.25) is 15.9 Å². The maximum Gasteiger partial charge on any atom is 0.241 e. The molecule has 6 N–H and O–H groups in total. The van der Waals surface area contributed by atoms with Gasteiger partial charge in [-0.3, -0.25) is 10.6 Å². The maximum absolute atomic E-state index is 12.2. The molecule has 0 bridgehead atoms. The molecule has 0 aliphatic carbocycles. The normalized spacial score (nSPS) is 13.1. The van der Waals surface area contributed by atoms with Gasteiger partial charge in [0.05, 0.1) is 10.9 Å². The van der Waals surface area contributed by atoms with Crippen LogP contribution in [0.4, 0.5) is 5.69 Å². The van der Waals surface area contributed by atoms with Crippen LogP contribution in [0.25, 0.3) is 0 Å². The molecule has 0 saturated heterocycles. The highest BCUT2D eigenvalue weighted by molar-refractivity contribution is 7.89. The molecule has 1 rings (SSSR count). The van der Waals surface area contributed by atoms with Gasteiger partial charge in [0.1, 0.15) is 0 Å². The van der Waals surface area contributed by atoms with Crippen molar-refractivity contribution in [1.82, 2.24) is 4.72 Å². The molecule has 8 heteroatoms. The summed E-state index contributed by atoms with van der Waals surface area (Å²) in [6.07, 6.45) is 0. The van der Waals surface area contributed by atoms with Crippen LogP contribution in [0.15, 0.2) is 17.0 Å². The lowest BCUT2D eigenvalue weighted by Gasteiger charge is -2.16. The number of anilines is 1. The minimum absolute atomic E-state index is 0.125. The molecule has 1 aromatic carbocycles. The van der Waals surface area contributed by atoms with Gasteiger partial charge in [0.25, 0.3) is 0 Å². The summed E-state index contributed by atoms with van der Waals surface area (Å²) >= 11 is 0. The summed E-state index contributed by atoms with van der Waals surface area (Å²) in [6, 6.07) is 2.24. The molecule has 1 aromatic rings. The monoisotopic (exact) mass is 286 g/mol. The number of rotatable bonds is 5. The molecule has 0 aliphatic rings. The molecule has 0 heterocycles. The lowest BCUT2D eigenvalue weighted by molar-refractivity contribution is -0.119. The number of aryl methyl sites for hydroxylation is 2. The Labute approximate surface area is 112 Å². The summed E-state index contributed by atoms with van der Waals surface area (Å²) in [7, 11) is -3.81. The van der Waals surface area contributed by atoms with Crippen LogP contribution in [0.2, 0.25) is 0 Å². The lowest BCUT2D eigenvalue weighted by atomic mass is 10.1. The zero-order valence-electron chi connectivity index (χ0n) is 11.0. The van der Waals surface area contributed by atoms with Crippen molar-refractivity contribution < 1.29 is 13.2 Å². The van der Waals surface area contributed by atoms with Crippen LogP contribution in [0.5, 0.6) is 0 Å². The molecule has 19 heavy (non-hydrogen) atoms. The fraction of sp³-hybridized carbons (Fsp3) is 0.364. The molecule has 1 atom stereocenters. The van der Waals surface area contributed by atoms with E-state index in [0.717, 1.165) is 0 Å². The largest absolute Gasteiger partial charge is 0.368 e. The third-order valence-electron chi connectivity index (χ3n) is 2.65. The van der Waals surface area contributed by atoms with Gasteiger partial charge in [-0.1, -0.05) is 0 Å². The van der Waals surface area contributed by atoms with Crippen molar-refractivity contribution in [1.29, 1.82) is 0 Å². The molecule has 7 nitrogen and oxygen atoms in total. The van der Waals surface area contributed by atoms with Crippen molar-refractivity contribution in [3.63, 3.8) is 0 Å². The molecule has 0 aromatic heterocycles. The third kappa shape index (κ3) is 3.43.